The van der Waals surface area contributed by atoms with Crippen LogP contribution in [0, 0.1) is 0 Å². The number of aliphatic hydroxyl groups is 1. The number of unbranched alkanes of at least 4 members (excludes halogenated alkanes) is 5. The molecule has 0 aromatic heterocycles. The largest absolute Gasteiger partial charge is 1.00 e. The fraction of sp³-hybridized carbons (Fsp3) is 1.00. The van der Waals surface area contributed by atoms with Crippen LogP contribution in [-0.2, 0) is 10.1 Å². The van der Waals surface area contributed by atoms with E-state index in [-0.39, 0.29) is 51.4 Å². The van der Waals surface area contributed by atoms with Crippen molar-refractivity contribution in [1.29, 1.82) is 0 Å². The zero-order chi connectivity index (χ0) is 15.4. The van der Waals surface area contributed by atoms with Crippen molar-refractivity contribution in [2.45, 2.75) is 95.8 Å². The standard InChI is InChI=1S/C15H32O4S.K/c1-3-5-7-9-10-14(16)12-13-15(20(17,18)19)11-8-6-4-2;/h14-16H,3-13H2,1-2H3,(H,17,18,19);/q;+1/p-1. The van der Waals surface area contributed by atoms with Crippen molar-refractivity contribution >= 4 is 10.1 Å². The Hall–Kier alpha value is 1.51. The van der Waals surface area contributed by atoms with Crippen LogP contribution in [0.2, 0.25) is 0 Å². The summed E-state index contributed by atoms with van der Waals surface area (Å²) in [5.74, 6) is 0. The van der Waals surface area contributed by atoms with Crippen LogP contribution in [0.5, 0.6) is 0 Å². The fourth-order valence-corrected chi connectivity index (χ4v) is 3.26. The number of rotatable bonds is 13. The van der Waals surface area contributed by atoms with Gasteiger partial charge in [0.1, 0.15) is 0 Å². The summed E-state index contributed by atoms with van der Waals surface area (Å²) in [5.41, 5.74) is 0. The summed E-state index contributed by atoms with van der Waals surface area (Å²) >= 11 is 0. The predicted octanol–water partition coefficient (Wildman–Crippen LogP) is 0.596. The molecule has 122 valence electrons. The summed E-state index contributed by atoms with van der Waals surface area (Å²) in [6.45, 7) is 4.18. The van der Waals surface area contributed by atoms with Gasteiger partial charge in [0.15, 0.2) is 0 Å². The van der Waals surface area contributed by atoms with E-state index in [0.717, 1.165) is 38.5 Å². The van der Waals surface area contributed by atoms with E-state index >= 15 is 0 Å². The van der Waals surface area contributed by atoms with E-state index < -0.39 is 21.5 Å². The summed E-state index contributed by atoms with van der Waals surface area (Å²) in [4.78, 5) is 0. The van der Waals surface area contributed by atoms with Gasteiger partial charge in [-0.1, -0.05) is 58.8 Å². The van der Waals surface area contributed by atoms with E-state index in [1.54, 1.807) is 0 Å². The topological polar surface area (TPSA) is 77.4 Å². The van der Waals surface area contributed by atoms with Crippen LogP contribution >= 0.6 is 0 Å². The third-order valence-electron chi connectivity index (χ3n) is 3.75. The van der Waals surface area contributed by atoms with E-state index in [2.05, 4.69) is 6.92 Å². The van der Waals surface area contributed by atoms with Crippen LogP contribution in [0.1, 0.15) is 84.5 Å². The maximum absolute atomic E-state index is 11.2. The molecule has 0 spiro atoms. The van der Waals surface area contributed by atoms with Crippen molar-refractivity contribution in [2.75, 3.05) is 0 Å². The molecule has 0 aliphatic heterocycles. The van der Waals surface area contributed by atoms with Gasteiger partial charge < -0.3 is 9.66 Å². The van der Waals surface area contributed by atoms with Crippen molar-refractivity contribution in [2.24, 2.45) is 0 Å². The Balaban J connectivity index is 0. The molecule has 0 radical (unpaired) electrons. The van der Waals surface area contributed by atoms with Crippen molar-refractivity contribution < 1.29 is 69.5 Å². The minimum absolute atomic E-state index is 0. The molecule has 0 aliphatic carbocycles. The predicted molar refractivity (Wildman–Crippen MR) is 81.6 cm³/mol. The van der Waals surface area contributed by atoms with E-state index in [9.17, 15) is 18.1 Å². The second kappa shape index (κ2) is 15.1. The van der Waals surface area contributed by atoms with Gasteiger partial charge in [0.2, 0.25) is 0 Å². The second-order valence-electron chi connectivity index (χ2n) is 5.69. The maximum atomic E-state index is 11.2. The van der Waals surface area contributed by atoms with Crippen LogP contribution in [0.15, 0.2) is 0 Å². The van der Waals surface area contributed by atoms with Gasteiger partial charge in [-0.25, -0.2) is 8.42 Å². The molecule has 0 saturated heterocycles. The van der Waals surface area contributed by atoms with Gasteiger partial charge in [-0.3, -0.25) is 0 Å². The third kappa shape index (κ3) is 14.8. The zero-order valence-corrected chi connectivity index (χ0v) is 18.0. The molecule has 0 bridgehead atoms. The number of hydrogen-bond donors (Lipinski definition) is 1. The first kappa shape index (κ1) is 24.8. The van der Waals surface area contributed by atoms with E-state index in [1.807, 2.05) is 6.92 Å². The second-order valence-corrected chi connectivity index (χ2v) is 7.34. The molecule has 0 rings (SSSR count). The van der Waals surface area contributed by atoms with Crippen LogP contribution in [0.25, 0.3) is 0 Å². The molecule has 1 N–H and O–H groups in total. The molecular formula is C15H31KO4S. The van der Waals surface area contributed by atoms with Gasteiger partial charge in [-0.15, -0.1) is 0 Å². The molecule has 0 heterocycles. The Bertz CT molecular complexity index is 320. The van der Waals surface area contributed by atoms with E-state index in [4.69, 9.17) is 0 Å². The minimum atomic E-state index is -4.23. The third-order valence-corrected chi connectivity index (χ3v) is 5.04. The Kier molecular flexibility index (Phi) is 17.8. The molecule has 0 saturated carbocycles. The van der Waals surface area contributed by atoms with Crippen LogP contribution in [-0.4, -0.2) is 29.4 Å². The fourth-order valence-electron chi connectivity index (χ4n) is 2.38. The molecule has 0 aliphatic rings. The molecule has 0 amide bonds. The minimum Gasteiger partial charge on any atom is -0.748 e. The molecule has 0 aromatic rings. The van der Waals surface area contributed by atoms with E-state index in [0.29, 0.717) is 25.7 Å². The van der Waals surface area contributed by atoms with Crippen LogP contribution < -0.4 is 51.4 Å². The maximum Gasteiger partial charge on any atom is 1.00 e. The van der Waals surface area contributed by atoms with Crippen molar-refractivity contribution in [3.63, 3.8) is 0 Å². The van der Waals surface area contributed by atoms with Gasteiger partial charge in [0.25, 0.3) is 0 Å². The summed E-state index contributed by atoms with van der Waals surface area (Å²) < 4.78 is 33.6. The summed E-state index contributed by atoms with van der Waals surface area (Å²) in [6.07, 6.45) is 8.52. The van der Waals surface area contributed by atoms with Gasteiger partial charge in [-0.05, 0) is 25.7 Å². The molecule has 4 nitrogen and oxygen atoms in total. The molecule has 6 heteroatoms. The molecule has 2 unspecified atom stereocenters. The normalized spacial score (nSPS) is 14.5. The molecule has 0 fully saturated rings. The van der Waals surface area contributed by atoms with Crippen LogP contribution in [0.3, 0.4) is 0 Å². The molecule has 2 atom stereocenters. The average molecular weight is 347 g/mol. The first-order valence-corrected chi connectivity index (χ1v) is 9.51. The van der Waals surface area contributed by atoms with Crippen LogP contribution in [0.4, 0.5) is 0 Å². The Morgan fingerprint density at radius 3 is 1.90 bits per heavy atom. The Morgan fingerprint density at radius 1 is 0.857 bits per heavy atom. The average Bonchev–Trinajstić information content (AvgIpc) is 2.37. The Morgan fingerprint density at radius 2 is 1.38 bits per heavy atom. The number of aliphatic hydroxyl groups excluding tert-OH is 1. The first-order valence-electron chi connectivity index (χ1n) is 8.04. The molecular weight excluding hydrogens is 315 g/mol. The van der Waals surface area contributed by atoms with Gasteiger partial charge >= 0.3 is 51.4 Å². The summed E-state index contributed by atoms with van der Waals surface area (Å²) in [6, 6.07) is 0. The number of hydrogen-bond acceptors (Lipinski definition) is 4. The molecule has 21 heavy (non-hydrogen) atoms. The summed E-state index contributed by atoms with van der Waals surface area (Å²) in [5, 5.41) is 9.02. The molecule has 0 aromatic carbocycles. The SMILES string of the molecule is CCCCCCC(O)CCC(CCCCC)S(=O)(=O)[O-].[K+]. The van der Waals surface area contributed by atoms with E-state index in [1.165, 1.54) is 6.42 Å². The first-order chi connectivity index (χ1) is 9.41. The summed E-state index contributed by atoms with van der Waals surface area (Å²) in [7, 11) is -4.23. The monoisotopic (exact) mass is 346 g/mol. The van der Waals surface area contributed by atoms with Crippen molar-refractivity contribution in [1.82, 2.24) is 0 Å². The van der Waals surface area contributed by atoms with Crippen molar-refractivity contribution in [3.05, 3.63) is 0 Å². The van der Waals surface area contributed by atoms with Gasteiger partial charge in [0.05, 0.1) is 16.2 Å². The van der Waals surface area contributed by atoms with Gasteiger partial charge in [-0.2, -0.15) is 0 Å². The Labute approximate surface area is 173 Å². The quantitative estimate of drug-likeness (QED) is 0.301. The zero-order valence-electron chi connectivity index (χ0n) is 14.0. The van der Waals surface area contributed by atoms with Gasteiger partial charge in [0, 0.05) is 5.25 Å². The van der Waals surface area contributed by atoms with Crippen molar-refractivity contribution in [3.8, 4) is 0 Å². The smallest absolute Gasteiger partial charge is 0.748 e.